The van der Waals surface area contributed by atoms with E-state index in [1.165, 1.54) is 18.2 Å². The van der Waals surface area contributed by atoms with Crippen molar-refractivity contribution in [2.45, 2.75) is 6.61 Å². The lowest BCUT2D eigenvalue weighted by Crippen LogP contribution is -2.33. The van der Waals surface area contributed by atoms with Crippen molar-refractivity contribution in [3.8, 4) is 5.75 Å². The Morgan fingerprint density at radius 1 is 0.970 bits per heavy atom. The third kappa shape index (κ3) is 4.73. The summed E-state index contributed by atoms with van der Waals surface area (Å²) >= 11 is 0.679. The predicted octanol–water partition coefficient (Wildman–Crippen LogP) is 4.24. The first-order chi connectivity index (χ1) is 15.8. The number of ether oxygens (including phenoxy) is 1. The molecule has 8 nitrogen and oxygen atoms in total. The minimum Gasteiger partial charge on any atom is -0.488 e. The molecule has 0 aromatic heterocycles. The predicted molar refractivity (Wildman–Crippen MR) is 122 cm³/mol. The molecule has 0 aliphatic carbocycles. The first-order valence-corrected chi connectivity index (χ1v) is 10.6. The smallest absolute Gasteiger partial charge is 0.335 e. The fourth-order valence-electron chi connectivity index (χ4n) is 3.36. The number of amides is 2. The molecule has 0 bridgehead atoms. The zero-order valence-corrected chi connectivity index (χ0v) is 17.9. The van der Waals surface area contributed by atoms with E-state index < -0.39 is 29.6 Å². The van der Waals surface area contributed by atoms with Crippen LogP contribution in [0.4, 0.5) is 4.79 Å². The monoisotopic (exact) mass is 463 g/mol. The normalized spacial score (nSPS) is 14.8. The Balaban J connectivity index is 1.68. The Hall–Kier alpha value is -4.11. The summed E-state index contributed by atoms with van der Waals surface area (Å²) < 4.78 is 5.99. The number of aromatic carboxylic acids is 1. The molecule has 4 rings (SSSR count). The van der Waals surface area contributed by atoms with Gasteiger partial charge in [0.05, 0.1) is 10.5 Å². The van der Waals surface area contributed by atoms with Crippen LogP contribution in [0.2, 0.25) is 0 Å². The molecule has 3 aromatic rings. The molecule has 0 unspecified atom stereocenters. The summed E-state index contributed by atoms with van der Waals surface area (Å²) in [6.45, 7) is -0.549. The fraction of sp³-hybridized carbons (Fsp3) is 0.0833. The number of aliphatic carboxylic acids is 1. The number of thioether (sulfide) groups is 1. The third-order valence-electron chi connectivity index (χ3n) is 4.97. The van der Waals surface area contributed by atoms with Crippen molar-refractivity contribution in [2.24, 2.45) is 0 Å². The number of imide groups is 1. The number of benzene rings is 3. The molecule has 1 aliphatic heterocycles. The molecule has 33 heavy (non-hydrogen) atoms. The fourth-order valence-corrected chi connectivity index (χ4v) is 4.18. The minimum atomic E-state index is -1.28. The van der Waals surface area contributed by atoms with Crippen LogP contribution in [0.15, 0.2) is 65.6 Å². The van der Waals surface area contributed by atoms with Gasteiger partial charge in [-0.3, -0.25) is 19.3 Å². The number of hydrogen-bond acceptors (Lipinski definition) is 6. The highest BCUT2D eigenvalue weighted by Gasteiger charge is 2.36. The van der Waals surface area contributed by atoms with Crippen molar-refractivity contribution in [2.75, 3.05) is 6.54 Å². The summed E-state index contributed by atoms with van der Waals surface area (Å²) in [5.41, 5.74) is 1.50. The lowest BCUT2D eigenvalue weighted by Gasteiger charge is -2.13. The minimum absolute atomic E-state index is 0.105. The van der Waals surface area contributed by atoms with E-state index in [1.807, 2.05) is 30.3 Å². The zero-order chi connectivity index (χ0) is 23.5. The molecule has 0 spiro atoms. The molecule has 1 fully saturated rings. The van der Waals surface area contributed by atoms with Crippen LogP contribution in [0.5, 0.6) is 5.75 Å². The Kier molecular flexibility index (Phi) is 6.14. The Labute approximate surface area is 192 Å². The molecule has 166 valence electrons. The topological polar surface area (TPSA) is 121 Å². The van der Waals surface area contributed by atoms with Gasteiger partial charge in [-0.15, -0.1) is 0 Å². The molecule has 3 aromatic carbocycles. The van der Waals surface area contributed by atoms with Gasteiger partial charge in [-0.2, -0.15) is 0 Å². The van der Waals surface area contributed by atoms with Crippen LogP contribution in [0.1, 0.15) is 21.5 Å². The summed E-state index contributed by atoms with van der Waals surface area (Å²) in [6, 6.07) is 17.4. The number of carboxylic acid groups (broad SMARTS) is 2. The number of carbonyl (C=O) groups is 4. The maximum atomic E-state index is 12.6. The van der Waals surface area contributed by atoms with Crippen molar-refractivity contribution in [1.82, 2.24) is 4.90 Å². The largest absolute Gasteiger partial charge is 0.488 e. The Morgan fingerprint density at radius 3 is 2.39 bits per heavy atom. The molecular formula is C24H17NO7S. The second kappa shape index (κ2) is 9.17. The van der Waals surface area contributed by atoms with Gasteiger partial charge in [0.15, 0.2) is 0 Å². The Morgan fingerprint density at radius 2 is 1.70 bits per heavy atom. The first kappa shape index (κ1) is 22.1. The van der Waals surface area contributed by atoms with Gasteiger partial charge in [0, 0.05) is 5.56 Å². The van der Waals surface area contributed by atoms with E-state index in [2.05, 4.69) is 0 Å². The van der Waals surface area contributed by atoms with E-state index in [4.69, 9.17) is 14.9 Å². The van der Waals surface area contributed by atoms with Gasteiger partial charge in [0.2, 0.25) is 0 Å². The zero-order valence-electron chi connectivity index (χ0n) is 17.1. The molecule has 2 amide bonds. The Bertz CT molecular complexity index is 1310. The summed E-state index contributed by atoms with van der Waals surface area (Å²) in [5, 5.41) is 19.0. The van der Waals surface area contributed by atoms with Crippen molar-refractivity contribution >= 4 is 51.7 Å². The van der Waals surface area contributed by atoms with Crippen LogP contribution in [-0.4, -0.2) is 44.7 Å². The van der Waals surface area contributed by atoms with Crippen LogP contribution in [0.3, 0.4) is 0 Å². The average molecular weight is 463 g/mol. The average Bonchev–Trinajstić information content (AvgIpc) is 3.05. The second-order valence-electron chi connectivity index (χ2n) is 7.15. The molecule has 0 radical (unpaired) electrons. The van der Waals surface area contributed by atoms with Gasteiger partial charge in [-0.1, -0.05) is 42.5 Å². The molecule has 9 heteroatoms. The van der Waals surface area contributed by atoms with E-state index >= 15 is 0 Å². The van der Waals surface area contributed by atoms with E-state index in [0.717, 1.165) is 16.3 Å². The molecular weight excluding hydrogens is 446 g/mol. The maximum absolute atomic E-state index is 12.6. The van der Waals surface area contributed by atoms with Crippen LogP contribution in [0, 0.1) is 0 Å². The summed E-state index contributed by atoms with van der Waals surface area (Å²) in [4.78, 5) is 47.6. The SMILES string of the molecule is O=C(O)CN1C(=O)S/C(=C/c2c(OCc3ccc(C(=O)O)cc3)ccc3ccccc23)C1=O. The quantitative estimate of drug-likeness (QED) is 0.499. The second-order valence-corrected chi connectivity index (χ2v) is 8.14. The number of nitrogens with zero attached hydrogens (tertiary/aromatic N) is 1. The van der Waals surface area contributed by atoms with Gasteiger partial charge >= 0.3 is 11.9 Å². The number of fused-ring (bicyclic) bond motifs is 1. The van der Waals surface area contributed by atoms with Crippen LogP contribution in [-0.2, 0) is 16.2 Å². The first-order valence-electron chi connectivity index (χ1n) is 9.77. The van der Waals surface area contributed by atoms with Crippen molar-refractivity contribution in [3.05, 3.63) is 82.3 Å². The van der Waals surface area contributed by atoms with E-state index in [9.17, 15) is 19.2 Å². The maximum Gasteiger partial charge on any atom is 0.335 e. The molecule has 1 saturated heterocycles. The lowest BCUT2D eigenvalue weighted by atomic mass is 10.0. The highest BCUT2D eigenvalue weighted by molar-refractivity contribution is 8.18. The lowest BCUT2D eigenvalue weighted by molar-refractivity contribution is -0.140. The van der Waals surface area contributed by atoms with Crippen LogP contribution < -0.4 is 4.74 Å². The standard InChI is InChI=1S/C24H17NO7S/c26-21(27)12-25-22(28)20(33-24(25)31)11-18-17-4-2-1-3-15(17)9-10-19(18)32-13-14-5-7-16(8-6-14)23(29)30/h1-11H,12-13H2,(H,26,27)(H,29,30)/b20-11+. The summed E-state index contributed by atoms with van der Waals surface area (Å²) in [6.07, 6.45) is 1.54. The van der Waals surface area contributed by atoms with Crippen molar-refractivity contribution in [3.63, 3.8) is 0 Å². The molecule has 1 aliphatic rings. The van der Waals surface area contributed by atoms with E-state index in [-0.39, 0.29) is 17.1 Å². The van der Waals surface area contributed by atoms with E-state index in [0.29, 0.717) is 28.0 Å². The molecule has 0 atom stereocenters. The van der Waals surface area contributed by atoms with Gasteiger partial charge in [0.1, 0.15) is 18.9 Å². The number of hydrogen-bond donors (Lipinski definition) is 2. The van der Waals surface area contributed by atoms with Crippen LogP contribution in [0.25, 0.3) is 16.8 Å². The number of rotatable bonds is 7. The number of carboxylic acids is 2. The summed E-state index contributed by atoms with van der Waals surface area (Å²) in [7, 11) is 0. The van der Waals surface area contributed by atoms with Crippen molar-refractivity contribution < 1.29 is 34.1 Å². The van der Waals surface area contributed by atoms with Crippen LogP contribution >= 0.6 is 11.8 Å². The number of carbonyl (C=O) groups excluding carboxylic acids is 2. The van der Waals surface area contributed by atoms with Gasteiger partial charge < -0.3 is 14.9 Å². The van der Waals surface area contributed by atoms with Gasteiger partial charge in [0.25, 0.3) is 11.1 Å². The highest BCUT2D eigenvalue weighted by Crippen LogP contribution is 2.37. The van der Waals surface area contributed by atoms with Gasteiger partial charge in [-0.25, -0.2) is 4.79 Å². The molecule has 0 saturated carbocycles. The highest BCUT2D eigenvalue weighted by atomic mass is 32.2. The third-order valence-corrected chi connectivity index (χ3v) is 5.88. The summed E-state index contributed by atoms with van der Waals surface area (Å²) in [5.74, 6) is -2.51. The van der Waals surface area contributed by atoms with Crippen molar-refractivity contribution in [1.29, 1.82) is 0 Å². The van der Waals surface area contributed by atoms with Gasteiger partial charge in [-0.05, 0) is 52.4 Å². The molecule has 2 N–H and O–H groups in total. The van der Waals surface area contributed by atoms with E-state index in [1.54, 1.807) is 18.2 Å². The molecule has 1 heterocycles.